The Bertz CT molecular complexity index is 566. The summed E-state index contributed by atoms with van der Waals surface area (Å²) in [6.07, 6.45) is 0. The van der Waals surface area contributed by atoms with Gasteiger partial charge in [0.25, 0.3) is 0 Å². The molecule has 1 fully saturated rings. The molecule has 1 aliphatic heterocycles. The molecule has 2 heterocycles. The molecule has 0 aliphatic carbocycles. The molecule has 1 aliphatic rings. The van der Waals surface area contributed by atoms with E-state index in [2.05, 4.69) is 4.98 Å². The van der Waals surface area contributed by atoms with Gasteiger partial charge < -0.3 is 9.64 Å². The monoisotopic (exact) mass is 291 g/mol. The highest BCUT2D eigenvalue weighted by Gasteiger charge is 2.42. The number of esters is 1. The van der Waals surface area contributed by atoms with Crippen molar-refractivity contribution in [2.24, 2.45) is 0 Å². The van der Waals surface area contributed by atoms with Gasteiger partial charge in [-0.2, -0.15) is 0 Å². The first-order chi connectivity index (χ1) is 9.69. The second kappa shape index (κ2) is 5.35. The molecule has 0 N–H and O–H groups in total. The minimum Gasteiger partial charge on any atom is -0.458 e. The number of carbonyl (C=O) groups is 2. The molecule has 2 amide bonds. The first-order valence-corrected chi connectivity index (χ1v) is 6.90. The molecular weight excluding hydrogens is 270 g/mol. The predicted octanol–water partition coefficient (Wildman–Crippen LogP) is 1.97. The van der Waals surface area contributed by atoms with Crippen LogP contribution in [0.5, 0.6) is 0 Å². The SMILES string of the molecule is Cc1cccc(N2CC(C(=O)OC(C)(C)C)N(C)C2=O)n1. The van der Waals surface area contributed by atoms with E-state index in [1.807, 2.05) is 39.8 Å². The van der Waals surface area contributed by atoms with Gasteiger partial charge in [-0.25, -0.2) is 14.6 Å². The zero-order valence-electron chi connectivity index (χ0n) is 13.1. The number of ether oxygens (including phenoxy) is 1. The fourth-order valence-corrected chi connectivity index (χ4v) is 2.17. The lowest BCUT2D eigenvalue weighted by Gasteiger charge is -2.24. The fourth-order valence-electron chi connectivity index (χ4n) is 2.17. The molecule has 0 spiro atoms. The molecule has 1 aromatic rings. The Balaban J connectivity index is 2.19. The van der Waals surface area contributed by atoms with Crippen molar-refractivity contribution >= 4 is 17.8 Å². The van der Waals surface area contributed by atoms with Gasteiger partial charge in [0.1, 0.15) is 17.5 Å². The molecule has 0 bridgehead atoms. The molecule has 1 aromatic heterocycles. The van der Waals surface area contributed by atoms with Crippen LogP contribution in [0.3, 0.4) is 0 Å². The summed E-state index contributed by atoms with van der Waals surface area (Å²) in [6, 6.07) is 4.60. The van der Waals surface area contributed by atoms with E-state index in [1.165, 1.54) is 9.80 Å². The van der Waals surface area contributed by atoms with Gasteiger partial charge in [0.05, 0.1) is 6.54 Å². The van der Waals surface area contributed by atoms with Crippen LogP contribution in [0.25, 0.3) is 0 Å². The molecule has 6 heteroatoms. The van der Waals surface area contributed by atoms with Gasteiger partial charge in [-0.05, 0) is 39.8 Å². The van der Waals surface area contributed by atoms with Crippen molar-refractivity contribution in [1.29, 1.82) is 0 Å². The summed E-state index contributed by atoms with van der Waals surface area (Å²) in [5.74, 6) is 0.159. The summed E-state index contributed by atoms with van der Waals surface area (Å²) in [5, 5.41) is 0. The number of nitrogens with zero attached hydrogens (tertiary/aromatic N) is 3. The van der Waals surface area contributed by atoms with Crippen LogP contribution in [-0.2, 0) is 9.53 Å². The van der Waals surface area contributed by atoms with Crippen LogP contribution in [0.4, 0.5) is 10.6 Å². The normalized spacial score (nSPS) is 19.1. The van der Waals surface area contributed by atoms with Crippen molar-refractivity contribution in [1.82, 2.24) is 9.88 Å². The van der Waals surface area contributed by atoms with Crippen LogP contribution in [0.15, 0.2) is 18.2 Å². The lowest BCUT2D eigenvalue weighted by atomic mass is 10.2. The first-order valence-electron chi connectivity index (χ1n) is 6.90. The second-order valence-electron chi connectivity index (χ2n) is 6.19. The van der Waals surface area contributed by atoms with E-state index in [9.17, 15) is 9.59 Å². The van der Waals surface area contributed by atoms with Crippen molar-refractivity contribution < 1.29 is 14.3 Å². The molecule has 114 valence electrons. The molecule has 6 nitrogen and oxygen atoms in total. The maximum absolute atomic E-state index is 12.3. The highest BCUT2D eigenvalue weighted by molar-refractivity contribution is 5.98. The number of rotatable bonds is 2. The van der Waals surface area contributed by atoms with Crippen LogP contribution >= 0.6 is 0 Å². The number of likely N-dealkylation sites (N-methyl/N-ethyl adjacent to an activating group) is 1. The largest absolute Gasteiger partial charge is 0.458 e. The van der Waals surface area contributed by atoms with E-state index >= 15 is 0 Å². The van der Waals surface area contributed by atoms with Crippen molar-refractivity contribution in [3.8, 4) is 0 Å². The van der Waals surface area contributed by atoms with Gasteiger partial charge in [0, 0.05) is 12.7 Å². The molecule has 2 rings (SSSR count). The van der Waals surface area contributed by atoms with Crippen molar-refractivity contribution in [2.45, 2.75) is 39.3 Å². The quantitative estimate of drug-likeness (QED) is 0.782. The minimum absolute atomic E-state index is 0.246. The number of urea groups is 1. The van der Waals surface area contributed by atoms with Gasteiger partial charge in [-0.3, -0.25) is 4.90 Å². The molecule has 0 aromatic carbocycles. The van der Waals surface area contributed by atoms with E-state index in [-0.39, 0.29) is 12.6 Å². The maximum Gasteiger partial charge on any atom is 0.331 e. The Labute approximate surface area is 124 Å². The Kier molecular flexibility index (Phi) is 3.89. The van der Waals surface area contributed by atoms with Crippen LogP contribution in [0, 0.1) is 6.92 Å². The zero-order valence-corrected chi connectivity index (χ0v) is 13.1. The van der Waals surface area contributed by atoms with E-state index in [0.717, 1.165) is 5.69 Å². The number of hydrogen-bond acceptors (Lipinski definition) is 4. The first kappa shape index (κ1) is 15.3. The van der Waals surface area contributed by atoms with Crippen LogP contribution in [0.2, 0.25) is 0 Å². The topological polar surface area (TPSA) is 62.7 Å². The molecule has 21 heavy (non-hydrogen) atoms. The van der Waals surface area contributed by atoms with Gasteiger partial charge in [-0.15, -0.1) is 0 Å². The van der Waals surface area contributed by atoms with E-state index in [1.54, 1.807) is 13.1 Å². The molecule has 1 saturated heterocycles. The lowest BCUT2D eigenvalue weighted by molar-refractivity contribution is -0.158. The second-order valence-corrected chi connectivity index (χ2v) is 6.19. The average molecular weight is 291 g/mol. The highest BCUT2D eigenvalue weighted by Crippen LogP contribution is 2.23. The number of hydrogen-bond donors (Lipinski definition) is 0. The summed E-state index contributed by atoms with van der Waals surface area (Å²) in [5.41, 5.74) is 0.249. The molecule has 0 saturated carbocycles. The number of amides is 2. The third-order valence-corrected chi connectivity index (χ3v) is 3.18. The van der Waals surface area contributed by atoms with Crippen LogP contribution < -0.4 is 4.90 Å². The van der Waals surface area contributed by atoms with Crippen LogP contribution in [0.1, 0.15) is 26.5 Å². The van der Waals surface area contributed by atoms with Crippen molar-refractivity contribution in [2.75, 3.05) is 18.5 Å². The summed E-state index contributed by atoms with van der Waals surface area (Å²) >= 11 is 0. The fraction of sp³-hybridized carbons (Fsp3) is 0.533. The third-order valence-electron chi connectivity index (χ3n) is 3.18. The molecule has 0 radical (unpaired) electrons. The zero-order chi connectivity index (χ0) is 15.8. The Morgan fingerprint density at radius 3 is 2.62 bits per heavy atom. The molecule has 1 unspecified atom stereocenters. The van der Waals surface area contributed by atoms with Gasteiger partial charge in [0.2, 0.25) is 0 Å². The highest BCUT2D eigenvalue weighted by atomic mass is 16.6. The number of anilines is 1. The lowest BCUT2D eigenvalue weighted by Crippen LogP contribution is -2.40. The Morgan fingerprint density at radius 2 is 2.05 bits per heavy atom. The molecule has 1 atom stereocenters. The summed E-state index contributed by atoms with van der Waals surface area (Å²) in [4.78, 5) is 31.7. The van der Waals surface area contributed by atoms with Crippen LogP contribution in [-0.4, -0.2) is 47.1 Å². The Morgan fingerprint density at radius 1 is 1.38 bits per heavy atom. The number of pyridine rings is 1. The molecular formula is C15H21N3O3. The summed E-state index contributed by atoms with van der Waals surface area (Å²) in [6.45, 7) is 7.53. The van der Waals surface area contributed by atoms with Gasteiger partial charge in [-0.1, -0.05) is 6.07 Å². The van der Waals surface area contributed by atoms with E-state index in [4.69, 9.17) is 4.74 Å². The third kappa shape index (κ3) is 3.32. The smallest absolute Gasteiger partial charge is 0.331 e. The van der Waals surface area contributed by atoms with E-state index in [0.29, 0.717) is 5.82 Å². The predicted molar refractivity (Wildman–Crippen MR) is 79.1 cm³/mol. The number of carbonyl (C=O) groups excluding carboxylic acids is 2. The van der Waals surface area contributed by atoms with E-state index < -0.39 is 17.6 Å². The average Bonchev–Trinajstić information content (AvgIpc) is 2.64. The Hall–Kier alpha value is -2.11. The maximum atomic E-state index is 12.3. The van der Waals surface area contributed by atoms with Gasteiger partial charge in [0.15, 0.2) is 0 Å². The number of aryl methyl sites for hydroxylation is 1. The summed E-state index contributed by atoms with van der Waals surface area (Å²) in [7, 11) is 1.60. The minimum atomic E-state index is -0.612. The summed E-state index contributed by atoms with van der Waals surface area (Å²) < 4.78 is 5.37. The van der Waals surface area contributed by atoms with Crippen molar-refractivity contribution in [3.05, 3.63) is 23.9 Å². The van der Waals surface area contributed by atoms with Crippen molar-refractivity contribution in [3.63, 3.8) is 0 Å². The van der Waals surface area contributed by atoms with Gasteiger partial charge >= 0.3 is 12.0 Å². The standard InChI is InChI=1S/C15H21N3O3/c1-10-7-6-8-12(16-10)18-9-11(17(5)14(18)20)13(19)21-15(2,3)4/h6-8,11H,9H2,1-5H3. The number of aromatic nitrogens is 1.